The molecule has 0 bridgehead atoms. The molecule has 2 atom stereocenters. The molecule has 2 rings (SSSR count). The van der Waals surface area contributed by atoms with Crippen molar-refractivity contribution in [1.29, 1.82) is 0 Å². The van der Waals surface area contributed by atoms with E-state index in [9.17, 15) is 18.4 Å². The lowest BCUT2D eigenvalue weighted by Gasteiger charge is -2.30. The number of benzene rings is 1. The molecule has 1 saturated carbocycles. The highest BCUT2D eigenvalue weighted by atomic mass is 19.1. The standard InChI is InChI=1S/C18H23F2NO3/c1-2-12-5-3-4-6-16(12)24-17(22)9-10-21-18(23)14-8-7-13(19)11-15(14)20/h7-8,11-12,16H,2-6,9-10H2,1H3,(H,21,23). The summed E-state index contributed by atoms with van der Waals surface area (Å²) in [5.74, 6) is -2.30. The first-order valence-corrected chi connectivity index (χ1v) is 8.44. The van der Waals surface area contributed by atoms with Crippen molar-refractivity contribution in [3.63, 3.8) is 0 Å². The molecule has 0 radical (unpaired) electrons. The molecule has 1 aromatic carbocycles. The molecule has 0 saturated heterocycles. The summed E-state index contributed by atoms with van der Waals surface area (Å²) in [5, 5.41) is 2.45. The van der Waals surface area contributed by atoms with Crippen molar-refractivity contribution in [3.8, 4) is 0 Å². The molecule has 1 aromatic rings. The van der Waals surface area contributed by atoms with Crippen LogP contribution >= 0.6 is 0 Å². The van der Waals surface area contributed by atoms with Crippen LogP contribution in [0.15, 0.2) is 18.2 Å². The minimum absolute atomic E-state index is 0.0293. The summed E-state index contributed by atoms with van der Waals surface area (Å²) < 4.78 is 31.8. The maximum Gasteiger partial charge on any atom is 0.307 e. The fraction of sp³-hybridized carbons (Fsp3) is 0.556. The average Bonchev–Trinajstić information content (AvgIpc) is 2.55. The van der Waals surface area contributed by atoms with E-state index in [1.807, 2.05) is 0 Å². The van der Waals surface area contributed by atoms with E-state index in [0.717, 1.165) is 37.8 Å². The first kappa shape index (κ1) is 18.4. The van der Waals surface area contributed by atoms with Crippen LogP contribution in [0.5, 0.6) is 0 Å². The lowest BCUT2D eigenvalue weighted by molar-refractivity contribution is -0.153. The smallest absolute Gasteiger partial charge is 0.307 e. The van der Waals surface area contributed by atoms with Gasteiger partial charge in [0, 0.05) is 12.6 Å². The Kier molecular flexibility index (Phi) is 6.70. The van der Waals surface area contributed by atoms with Gasteiger partial charge in [-0.3, -0.25) is 9.59 Å². The van der Waals surface area contributed by atoms with Crippen LogP contribution in [0.2, 0.25) is 0 Å². The molecular weight excluding hydrogens is 316 g/mol. The Labute approximate surface area is 140 Å². The molecule has 1 fully saturated rings. The lowest BCUT2D eigenvalue weighted by Crippen LogP contribution is -2.32. The first-order chi connectivity index (χ1) is 11.5. The Morgan fingerprint density at radius 3 is 2.71 bits per heavy atom. The van der Waals surface area contributed by atoms with Gasteiger partial charge in [0.05, 0.1) is 12.0 Å². The number of hydrogen-bond acceptors (Lipinski definition) is 3. The van der Waals surface area contributed by atoms with Gasteiger partial charge in [0.1, 0.15) is 17.7 Å². The van der Waals surface area contributed by atoms with Crippen molar-refractivity contribution in [2.75, 3.05) is 6.54 Å². The van der Waals surface area contributed by atoms with E-state index >= 15 is 0 Å². The zero-order valence-corrected chi connectivity index (χ0v) is 13.8. The number of ether oxygens (including phenoxy) is 1. The molecular formula is C18H23F2NO3. The zero-order valence-electron chi connectivity index (χ0n) is 13.8. The van der Waals surface area contributed by atoms with Gasteiger partial charge in [-0.15, -0.1) is 0 Å². The van der Waals surface area contributed by atoms with Gasteiger partial charge in [-0.1, -0.05) is 13.3 Å². The van der Waals surface area contributed by atoms with Crippen LogP contribution in [0.25, 0.3) is 0 Å². The van der Waals surface area contributed by atoms with E-state index in [4.69, 9.17) is 4.74 Å². The molecule has 1 N–H and O–H groups in total. The summed E-state index contributed by atoms with van der Waals surface area (Å²) in [7, 11) is 0. The van der Waals surface area contributed by atoms with E-state index in [1.165, 1.54) is 6.42 Å². The molecule has 4 nitrogen and oxygen atoms in total. The number of esters is 1. The molecule has 0 heterocycles. The van der Waals surface area contributed by atoms with Gasteiger partial charge in [0.15, 0.2) is 0 Å². The number of hydrogen-bond donors (Lipinski definition) is 1. The van der Waals surface area contributed by atoms with E-state index in [2.05, 4.69) is 12.2 Å². The Hall–Kier alpha value is -1.98. The minimum atomic E-state index is -0.928. The molecule has 24 heavy (non-hydrogen) atoms. The van der Waals surface area contributed by atoms with Crippen LogP contribution in [-0.4, -0.2) is 24.5 Å². The van der Waals surface area contributed by atoms with Gasteiger partial charge in [-0.25, -0.2) is 8.78 Å². The third-order valence-corrected chi connectivity index (χ3v) is 4.44. The predicted molar refractivity (Wildman–Crippen MR) is 85.4 cm³/mol. The minimum Gasteiger partial charge on any atom is -0.462 e. The van der Waals surface area contributed by atoms with Crippen molar-refractivity contribution < 1.29 is 23.1 Å². The maximum absolute atomic E-state index is 13.5. The summed E-state index contributed by atoms with van der Waals surface area (Å²) in [5.41, 5.74) is -0.247. The van der Waals surface area contributed by atoms with Gasteiger partial charge in [-0.2, -0.15) is 0 Å². The molecule has 0 spiro atoms. The van der Waals surface area contributed by atoms with Gasteiger partial charge in [-0.05, 0) is 43.7 Å². The predicted octanol–water partition coefficient (Wildman–Crippen LogP) is 3.60. The molecule has 1 amide bonds. The maximum atomic E-state index is 13.5. The van der Waals surface area contributed by atoms with Gasteiger partial charge < -0.3 is 10.1 Å². The number of carbonyl (C=O) groups excluding carboxylic acids is 2. The molecule has 6 heteroatoms. The average molecular weight is 339 g/mol. The van der Waals surface area contributed by atoms with Crippen molar-refractivity contribution in [2.45, 2.75) is 51.6 Å². The van der Waals surface area contributed by atoms with Gasteiger partial charge in [0.2, 0.25) is 0 Å². The highest BCUT2D eigenvalue weighted by Gasteiger charge is 2.26. The molecule has 132 valence electrons. The van der Waals surface area contributed by atoms with Crippen LogP contribution in [-0.2, 0) is 9.53 Å². The van der Waals surface area contributed by atoms with Gasteiger partial charge >= 0.3 is 5.97 Å². The Morgan fingerprint density at radius 2 is 2.00 bits per heavy atom. The second-order valence-electron chi connectivity index (χ2n) is 6.11. The number of nitrogens with one attached hydrogen (secondary N) is 1. The number of amides is 1. The highest BCUT2D eigenvalue weighted by Crippen LogP contribution is 2.29. The van der Waals surface area contributed by atoms with Crippen molar-refractivity contribution in [1.82, 2.24) is 5.32 Å². The topological polar surface area (TPSA) is 55.4 Å². The summed E-state index contributed by atoms with van der Waals surface area (Å²) in [4.78, 5) is 23.7. The van der Waals surface area contributed by atoms with Crippen LogP contribution in [0.3, 0.4) is 0 Å². The molecule has 0 aromatic heterocycles. The first-order valence-electron chi connectivity index (χ1n) is 8.44. The number of carbonyl (C=O) groups is 2. The monoisotopic (exact) mass is 339 g/mol. The largest absolute Gasteiger partial charge is 0.462 e. The fourth-order valence-electron chi connectivity index (χ4n) is 3.07. The fourth-order valence-corrected chi connectivity index (χ4v) is 3.07. The third kappa shape index (κ3) is 5.01. The summed E-state index contributed by atoms with van der Waals surface area (Å²) in [6, 6.07) is 2.74. The second-order valence-corrected chi connectivity index (χ2v) is 6.11. The van der Waals surface area contributed by atoms with Crippen LogP contribution < -0.4 is 5.32 Å². The number of rotatable bonds is 6. The second kappa shape index (κ2) is 8.76. The summed E-state index contributed by atoms with van der Waals surface area (Å²) >= 11 is 0. The van der Waals surface area contributed by atoms with E-state index < -0.39 is 17.5 Å². The summed E-state index contributed by atoms with van der Waals surface area (Å²) in [6.07, 6.45) is 5.18. The van der Waals surface area contributed by atoms with Gasteiger partial charge in [0.25, 0.3) is 5.91 Å². The highest BCUT2D eigenvalue weighted by molar-refractivity contribution is 5.94. The SMILES string of the molecule is CCC1CCCCC1OC(=O)CCNC(=O)c1ccc(F)cc1F. The number of halogens is 2. The van der Waals surface area contributed by atoms with E-state index in [0.29, 0.717) is 12.0 Å². The molecule has 0 aliphatic heterocycles. The Balaban J connectivity index is 1.76. The van der Waals surface area contributed by atoms with Crippen LogP contribution in [0, 0.1) is 17.6 Å². The zero-order chi connectivity index (χ0) is 17.5. The lowest BCUT2D eigenvalue weighted by atomic mass is 9.85. The van der Waals surface area contributed by atoms with Crippen LogP contribution in [0.4, 0.5) is 8.78 Å². The van der Waals surface area contributed by atoms with Crippen LogP contribution in [0.1, 0.15) is 55.8 Å². The molecule has 1 aliphatic rings. The van der Waals surface area contributed by atoms with Crippen molar-refractivity contribution in [2.24, 2.45) is 5.92 Å². The summed E-state index contributed by atoms with van der Waals surface area (Å²) in [6.45, 7) is 2.15. The third-order valence-electron chi connectivity index (χ3n) is 4.44. The van der Waals surface area contributed by atoms with E-state index in [-0.39, 0.29) is 30.6 Å². The Morgan fingerprint density at radius 1 is 1.25 bits per heavy atom. The van der Waals surface area contributed by atoms with Crippen molar-refractivity contribution in [3.05, 3.63) is 35.4 Å². The molecule has 1 aliphatic carbocycles. The normalized spacial score (nSPS) is 20.5. The Bertz CT molecular complexity index is 592. The molecule has 2 unspecified atom stereocenters. The van der Waals surface area contributed by atoms with E-state index in [1.54, 1.807) is 0 Å². The quantitative estimate of drug-likeness (QED) is 0.806. The van der Waals surface area contributed by atoms with Crippen molar-refractivity contribution >= 4 is 11.9 Å².